The molecule has 2 heterocycles. The minimum atomic E-state index is 0.225. The topological polar surface area (TPSA) is 46.9 Å². The van der Waals surface area contributed by atoms with Gasteiger partial charge in [0.25, 0.3) is 0 Å². The average molecular weight is 233 g/mol. The van der Waals surface area contributed by atoms with E-state index in [-0.39, 0.29) is 5.78 Å². The predicted molar refractivity (Wildman–Crippen MR) is 64.8 cm³/mol. The lowest BCUT2D eigenvalue weighted by molar-refractivity contribution is 0.0963. The summed E-state index contributed by atoms with van der Waals surface area (Å²) in [6.07, 6.45) is 8.09. The number of hydrogen-bond acceptors (Lipinski definition) is 3. The zero-order valence-electron chi connectivity index (χ0n) is 10.2. The Morgan fingerprint density at radius 1 is 1.59 bits per heavy atom. The van der Waals surface area contributed by atoms with Crippen molar-refractivity contribution >= 4 is 5.78 Å². The van der Waals surface area contributed by atoms with Crippen LogP contribution < -0.4 is 5.32 Å². The number of aryl methyl sites for hydroxylation is 1. The number of Topliss-reactive ketones (excluding diaryl/α,β-unsaturated/α-hetero) is 1. The lowest BCUT2D eigenvalue weighted by atomic mass is 9.90. The van der Waals surface area contributed by atoms with E-state index in [1.54, 1.807) is 10.9 Å². The summed E-state index contributed by atoms with van der Waals surface area (Å²) >= 11 is 0. The Morgan fingerprint density at radius 2 is 2.47 bits per heavy atom. The molecule has 3 rings (SSSR count). The summed E-state index contributed by atoms with van der Waals surface area (Å²) in [5.41, 5.74) is 0.746. The first kappa shape index (κ1) is 11.0. The Bertz CT molecular complexity index is 426. The SMILES string of the molecule is Cn1cc(C(=O)CC2NCC3CCCC32)cn1. The van der Waals surface area contributed by atoms with Crippen molar-refractivity contribution in [3.63, 3.8) is 0 Å². The second kappa shape index (κ2) is 4.26. The van der Waals surface area contributed by atoms with E-state index in [0.29, 0.717) is 12.5 Å². The van der Waals surface area contributed by atoms with Gasteiger partial charge in [-0.2, -0.15) is 5.10 Å². The summed E-state index contributed by atoms with van der Waals surface area (Å²) in [7, 11) is 1.84. The molecule has 4 heteroatoms. The molecule has 1 aromatic rings. The second-order valence-corrected chi connectivity index (χ2v) is 5.40. The van der Waals surface area contributed by atoms with Crippen LogP contribution in [0.15, 0.2) is 12.4 Å². The molecule has 1 N–H and O–H groups in total. The van der Waals surface area contributed by atoms with Crippen LogP contribution in [0, 0.1) is 11.8 Å². The number of nitrogens with zero attached hydrogens (tertiary/aromatic N) is 2. The fourth-order valence-electron chi connectivity index (χ4n) is 3.41. The van der Waals surface area contributed by atoms with Gasteiger partial charge in [-0.25, -0.2) is 0 Å². The highest BCUT2D eigenvalue weighted by molar-refractivity contribution is 5.96. The van der Waals surface area contributed by atoms with E-state index < -0.39 is 0 Å². The average Bonchev–Trinajstić information content (AvgIpc) is 2.96. The fraction of sp³-hybridized carbons (Fsp3) is 0.692. The smallest absolute Gasteiger partial charge is 0.167 e. The molecule has 0 radical (unpaired) electrons. The van der Waals surface area contributed by atoms with Crippen molar-refractivity contribution in [2.75, 3.05) is 6.54 Å². The summed E-state index contributed by atoms with van der Waals surface area (Å²) in [5, 5.41) is 7.57. The molecule has 0 spiro atoms. The summed E-state index contributed by atoms with van der Waals surface area (Å²) < 4.78 is 1.69. The molecule has 1 aliphatic carbocycles. The first-order valence-electron chi connectivity index (χ1n) is 6.49. The van der Waals surface area contributed by atoms with E-state index in [2.05, 4.69) is 10.4 Å². The Hall–Kier alpha value is -1.16. The zero-order chi connectivity index (χ0) is 11.8. The maximum absolute atomic E-state index is 12.1. The molecule has 2 aliphatic rings. The first-order chi connectivity index (χ1) is 8.24. The minimum Gasteiger partial charge on any atom is -0.313 e. The van der Waals surface area contributed by atoms with E-state index in [1.165, 1.54) is 19.3 Å². The van der Waals surface area contributed by atoms with Crippen molar-refractivity contribution in [1.82, 2.24) is 15.1 Å². The summed E-state index contributed by atoms with van der Waals surface area (Å²) in [4.78, 5) is 12.1. The first-order valence-corrected chi connectivity index (χ1v) is 6.49. The van der Waals surface area contributed by atoms with Crippen molar-refractivity contribution in [2.45, 2.75) is 31.7 Å². The Morgan fingerprint density at radius 3 is 3.24 bits per heavy atom. The van der Waals surface area contributed by atoms with E-state index in [1.807, 2.05) is 13.2 Å². The molecule has 0 bridgehead atoms. The van der Waals surface area contributed by atoms with E-state index in [0.717, 1.165) is 23.9 Å². The standard InChI is InChI=1S/C13H19N3O/c1-16-8-10(7-15-16)13(17)5-12-11-4-2-3-9(11)6-14-12/h7-9,11-12,14H,2-6H2,1H3. The Kier molecular flexibility index (Phi) is 2.74. The van der Waals surface area contributed by atoms with E-state index in [9.17, 15) is 4.79 Å². The molecule has 3 atom stereocenters. The van der Waals surface area contributed by atoms with E-state index >= 15 is 0 Å². The van der Waals surface area contributed by atoms with Gasteiger partial charge in [-0.05, 0) is 31.2 Å². The third kappa shape index (κ3) is 2.02. The van der Waals surface area contributed by atoms with Crippen LogP contribution in [0.25, 0.3) is 0 Å². The van der Waals surface area contributed by atoms with Crippen LogP contribution in [0.5, 0.6) is 0 Å². The maximum atomic E-state index is 12.1. The summed E-state index contributed by atoms with van der Waals surface area (Å²) in [6.45, 7) is 1.11. The van der Waals surface area contributed by atoms with Crippen LogP contribution in [-0.2, 0) is 7.05 Å². The maximum Gasteiger partial charge on any atom is 0.167 e. The molecule has 1 aromatic heterocycles. The van der Waals surface area contributed by atoms with Crippen LogP contribution in [-0.4, -0.2) is 28.2 Å². The number of rotatable bonds is 3. The van der Waals surface area contributed by atoms with Gasteiger partial charge < -0.3 is 5.32 Å². The molecule has 2 fully saturated rings. The number of aromatic nitrogens is 2. The van der Waals surface area contributed by atoms with Crippen molar-refractivity contribution in [3.8, 4) is 0 Å². The summed E-state index contributed by atoms with van der Waals surface area (Å²) in [6, 6.07) is 0.398. The molecule has 17 heavy (non-hydrogen) atoms. The normalized spacial score (nSPS) is 31.7. The molecule has 1 saturated carbocycles. The molecule has 0 amide bonds. The lowest BCUT2D eigenvalue weighted by Gasteiger charge is -2.16. The highest BCUT2D eigenvalue weighted by atomic mass is 16.1. The van der Waals surface area contributed by atoms with Gasteiger partial charge in [-0.15, -0.1) is 0 Å². The summed E-state index contributed by atoms with van der Waals surface area (Å²) in [5.74, 6) is 1.78. The quantitative estimate of drug-likeness (QED) is 0.802. The van der Waals surface area contributed by atoms with Gasteiger partial charge in [0.2, 0.25) is 0 Å². The van der Waals surface area contributed by atoms with Gasteiger partial charge in [0.05, 0.1) is 11.8 Å². The van der Waals surface area contributed by atoms with Crippen LogP contribution in [0.3, 0.4) is 0 Å². The molecule has 4 nitrogen and oxygen atoms in total. The second-order valence-electron chi connectivity index (χ2n) is 5.40. The third-order valence-corrected chi connectivity index (χ3v) is 4.31. The van der Waals surface area contributed by atoms with Crippen LogP contribution in [0.1, 0.15) is 36.0 Å². The van der Waals surface area contributed by atoms with Gasteiger partial charge >= 0.3 is 0 Å². The predicted octanol–water partition coefficient (Wildman–Crippen LogP) is 1.38. The highest BCUT2D eigenvalue weighted by Gasteiger charge is 2.39. The number of fused-ring (bicyclic) bond motifs is 1. The number of carbonyl (C=O) groups is 1. The third-order valence-electron chi connectivity index (χ3n) is 4.31. The van der Waals surface area contributed by atoms with Crippen LogP contribution in [0.2, 0.25) is 0 Å². The highest BCUT2D eigenvalue weighted by Crippen LogP contribution is 2.38. The molecule has 1 saturated heterocycles. The van der Waals surface area contributed by atoms with Gasteiger partial charge in [0.15, 0.2) is 5.78 Å². The Balaban J connectivity index is 1.65. The molecular weight excluding hydrogens is 214 g/mol. The van der Waals surface area contributed by atoms with Crippen molar-refractivity contribution in [1.29, 1.82) is 0 Å². The van der Waals surface area contributed by atoms with Gasteiger partial charge in [0, 0.05) is 25.7 Å². The van der Waals surface area contributed by atoms with E-state index in [4.69, 9.17) is 0 Å². The molecular formula is C13H19N3O. The van der Waals surface area contributed by atoms with Crippen LogP contribution in [0.4, 0.5) is 0 Å². The molecule has 3 unspecified atom stereocenters. The number of nitrogens with one attached hydrogen (secondary N) is 1. The number of carbonyl (C=O) groups excluding carboxylic acids is 1. The monoisotopic (exact) mass is 233 g/mol. The fourth-order valence-corrected chi connectivity index (χ4v) is 3.41. The number of hydrogen-bond donors (Lipinski definition) is 1. The lowest BCUT2D eigenvalue weighted by Crippen LogP contribution is -2.29. The molecule has 92 valence electrons. The molecule has 1 aliphatic heterocycles. The zero-order valence-corrected chi connectivity index (χ0v) is 10.2. The van der Waals surface area contributed by atoms with Gasteiger partial charge in [-0.3, -0.25) is 9.48 Å². The van der Waals surface area contributed by atoms with Crippen molar-refractivity contribution in [2.24, 2.45) is 18.9 Å². The largest absolute Gasteiger partial charge is 0.313 e. The van der Waals surface area contributed by atoms with Crippen LogP contribution >= 0.6 is 0 Å². The molecule has 0 aromatic carbocycles. The number of ketones is 1. The van der Waals surface area contributed by atoms with Crippen molar-refractivity contribution in [3.05, 3.63) is 18.0 Å². The van der Waals surface area contributed by atoms with Crippen molar-refractivity contribution < 1.29 is 4.79 Å². The minimum absolute atomic E-state index is 0.225. The van der Waals surface area contributed by atoms with Gasteiger partial charge in [-0.1, -0.05) is 6.42 Å². The van der Waals surface area contributed by atoms with Gasteiger partial charge in [0.1, 0.15) is 0 Å². The Labute approximate surface area is 101 Å².